The quantitative estimate of drug-likeness (QED) is 0.653. The van der Waals surface area contributed by atoms with Crippen LogP contribution in [-0.2, 0) is 4.79 Å². The Labute approximate surface area is 75.0 Å². The van der Waals surface area contributed by atoms with Crippen LogP contribution >= 0.6 is 0 Å². The van der Waals surface area contributed by atoms with Crippen LogP contribution in [0.1, 0.15) is 13.3 Å². The summed E-state index contributed by atoms with van der Waals surface area (Å²) in [6, 6.07) is 0. The van der Waals surface area contributed by atoms with Crippen molar-refractivity contribution in [2.45, 2.75) is 13.3 Å². The van der Waals surface area contributed by atoms with Crippen molar-refractivity contribution in [3.8, 4) is 0 Å². The van der Waals surface area contributed by atoms with Crippen molar-refractivity contribution in [1.82, 2.24) is 5.43 Å². The van der Waals surface area contributed by atoms with Gasteiger partial charge < -0.3 is 0 Å². The molecule has 0 aromatic rings. The molecule has 0 bridgehead atoms. The molecule has 0 aromatic carbocycles. The lowest BCUT2D eigenvalue weighted by Gasteiger charge is -2.11. The van der Waals surface area contributed by atoms with Crippen molar-refractivity contribution >= 4 is 17.8 Å². The predicted octanol–water partition coefficient (Wildman–Crippen LogP) is 0.798. The van der Waals surface area contributed by atoms with Gasteiger partial charge in [-0.1, -0.05) is 6.92 Å². The van der Waals surface area contributed by atoms with Gasteiger partial charge in [0.2, 0.25) is 0 Å². The van der Waals surface area contributed by atoms with E-state index < -0.39 is 12.6 Å². The van der Waals surface area contributed by atoms with Gasteiger partial charge in [0.15, 0.2) is 0 Å². The lowest BCUT2D eigenvalue weighted by molar-refractivity contribution is -0.114. The van der Waals surface area contributed by atoms with Gasteiger partial charge in [-0.15, -0.1) is 0 Å². The molecule has 13 heavy (non-hydrogen) atoms. The molecule has 5 heteroatoms. The van der Waals surface area contributed by atoms with Crippen molar-refractivity contribution in [2.75, 3.05) is 6.67 Å². The molecule has 1 heterocycles. The molecule has 1 aliphatic heterocycles. The maximum Gasteiger partial charge on any atom is 0.289 e. The molecule has 0 atom stereocenters. The highest BCUT2D eigenvalue weighted by molar-refractivity contribution is 6.50. The Morgan fingerprint density at radius 2 is 2.46 bits per heavy atom. The van der Waals surface area contributed by atoms with Crippen LogP contribution in [0.2, 0.25) is 0 Å². The average Bonchev–Trinajstić information content (AvgIpc) is 2.14. The SMILES string of the molecule is CC/C(CF)=C1/C=NNC(=O)C1=N. The fraction of sp³-hybridized carbons (Fsp3) is 0.375. The second-order valence-corrected chi connectivity index (χ2v) is 2.58. The summed E-state index contributed by atoms with van der Waals surface area (Å²) in [6.45, 7) is 1.13. The van der Waals surface area contributed by atoms with E-state index in [-0.39, 0.29) is 5.71 Å². The molecule has 0 unspecified atom stereocenters. The van der Waals surface area contributed by atoms with Crippen molar-refractivity contribution < 1.29 is 9.18 Å². The van der Waals surface area contributed by atoms with E-state index in [1.54, 1.807) is 6.92 Å². The monoisotopic (exact) mass is 183 g/mol. The molecule has 1 aliphatic rings. The van der Waals surface area contributed by atoms with Gasteiger partial charge in [-0.05, 0) is 12.0 Å². The van der Waals surface area contributed by atoms with E-state index in [1.165, 1.54) is 6.21 Å². The van der Waals surface area contributed by atoms with E-state index >= 15 is 0 Å². The van der Waals surface area contributed by atoms with E-state index in [9.17, 15) is 9.18 Å². The third-order valence-electron chi connectivity index (χ3n) is 1.83. The second-order valence-electron chi connectivity index (χ2n) is 2.58. The van der Waals surface area contributed by atoms with Crippen LogP contribution < -0.4 is 5.43 Å². The third kappa shape index (κ3) is 1.80. The first-order valence-corrected chi connectivity index (χ1v) is 3.91. The van der Waals surface area contributed by atoms with Gasteiger partial charge >= 0.3 is 0 Å². The number of alkyl halides is 1. The van der Waals surface area contributed by atoms with Gasteiger partial charge in [0.05, 0.1) is 6.21 Å². The summed E-state index contributed by atoms with van der Waals surface area (Å²) in [6.07, 6.45) is 1.79. The highest BCUT2D eigenvalue weighted by atomic mass is 19.1. The number of nitrogens with zero attached hydrogens (tertiary/aromatic N) is 1. The molecule has 0 aromatic heterocycles. The predicted molar refractivity (Wildman–Crippen MR) is 47.7 cm³/mol. The fourth-order valence-corrected chi connectivity index (χ4v) is 1.02. The number of carbonyl (C=O) groups excluding carboxylic acids is 1. The van der Waals surface area contributed by atoms with Crippen molar-refractivity contribution in [1.29, 1.82) is 5.41 Å². The maximum absolute atomic E-state index is 12.4. The second kappa shape index (κ2) is 3.93. The normalized spacial score (nSPS) is 20.2. The molecule has 0 radical (unpaired) electrons. The van der Waals surface area contributed by atoms with Crippen LogP contribution in [0.3, 0.4) is 0 Å². The standard InChI is InChI=1S/C8H10FN3O/c1-2-5(3-9)6-4-11-12-8(13)7(6)10/h4,10H,2-3H2,1H3,(H,12,13)/b6-5+,10-7?. The van der Waals surface area contributed by atoms with Gasteiger partial charge in [-0.25, -0.2) is 9.82 Å². The van der Waals surface area contributed by atoms with Gasteiger partial charge in [0.25, 0.3) is 5.91 Å². The molecule has 2 N–H and O–H groups in total. The summed E-state index contributed by atoms with van der Waals surface area (Å²) in [5.41, 5.74) is 2.63. The third-order valence-corrected chi connectivity index (χ3v) is 1.83. The minimum absolute atomic E-state index is 0.218. The van der Waals surface area contributed by atoms with E-state index in [4.69, 9.17) is 5.41 Å². The topological polar surface area (TPSA) is 65.3 Å². The maximum atomic E-state index is 12.4. The van der Waals surface area contributed by atoms with Crippen LogP contribution in [0.25, 0.3) is 0 Å². The first-order chi connectivity index (χ1) is 6.20. The Bertz CT molecular complexity index is 301. The molecule has 0 fully saturated rings. The minimum Gasteiger partial charge on any atom is -0.295 e. The number of hydrogen-bond acceptors (Lipinski definition) is 3. The van der Waals surface area contributed by atoms with Gasteiger partial charge in [0.1, 0.15) is 12.4 Å². The first-order valence-electron chi connectivity index (χ1n) is 3.91. The largest absolute Gasteiger partial charge is 0.295 e. The van der Waals surface area contributed by atoms with Crippen LogP contribution in [-0.4, -0.2) is 24.5 Å². The lowest BCUT2D eigenvalue weighted by atomic mass is 10.0. The van der Waals surface area contributed by atoms with Gasteiger partial charge in [-0.3, -0.25) is 10.2 Å². The molecule has 0 saturated heterocycles. The smallest absolute Gasteiger partial charge is 0.289 e. The van der Waals surface area contributed by atoms with Crippen LogP contribution in [0.5, 0.6) is 0 Å². The summed E-state index contributed by atoms with van der Waals surface area (Å²) in [4.78, 5) is 10.9. The Morgan fingerprint density at radius 3 is 3.00 bits per heavy atom. The van der Waals surface area contributed by atoms with Crippen molar-refractivity contribution in [2.24, 2.45) is 5.10 Å². The number of hydrazone groups is 1. The molecule has 0 saturated carbocycles. The van der Waals surface area contributed by atoms with E-state index in [2.05, 4.69) is 10.5 Å². The molecule has 0 spiro atoms. The fourth-order valence-electron chi connectivity index (χ4n) is 1.02. The van der Waals surface area contributed by atoms with Crippen LogP contribution in [0, 0.1) is 5.41 Å². The van der Waals surface area contributed by atoms with Crippen LogP contribution in [0.4, 0.5) is 4.39 Å². The lowest BCUT2D eigenvalue weighted by Crippen LogP contribution is -2.33. The molecular formula is C8H10FN3O. The highest BCUT2D eigenvalue weighted by Crippen LogP contribution is 2.11. The van der Waals surface area contributed by atoms with E-state index in [0.717, 1.165) is 0 Å². The Morgan fingerprint density at radius 1 is 1.77 bits per heavy atom. The number of nitrogens with one attached hydrogen (secondary N) is 2. The molecule has 1 rings (SSSR count). The summed E-state index contributed by atoms with van der Waals surface area (Å²) in [7, 11) is 0. The van der Waals surface area contributed by atoms with Gasteiger partial charge in [-0.2, -0.15) is 5.10 Å². The Balaban J connectivity index is 3.09. The zero-order chi connectivity index (χ0) is 9.84. The molecular weight excluding hydrogens is 173 g/mol. The van der Waals surface area contributed by atoms with Crippen molar-refractivity contribution in [3.63, 3.8) is 0 Å². The number of carbonyl (C=O) groups is 1. The Hall–Kier alpha value is -1.52. The van der Waals surface area contributed by atoms with Crippen LogP contribution in [0.15, 0.2) is 16.2 Å². The first kappa shape index (κ1) is 9.57. The van der Waals surface area contributed by atoms with E-state index in [0.29, 0.717) is 17.6 Å². The minimum atomic E-state index is -0.645. The number of allylic oxidation sites excluding steroid dienone is 1. The van der Waals surface area contributed by atoms with Crippen molar-refractivity contribution in [3.05, 3.63) is 11.1 Å². The molecule has 0 aliphatic carbocycles. The number of amides is 1. The van der Waals surface area contributed by atoms with E-state index in [1.807, 2.05) is 0 Å². The zero-order valence-corrected chi connectivity index (χ0v) is 7.22. The summed E-state index contributed by atoms with van der Waals surface area (Å²) >= 11 is 0. The summed E-state index contributed by atoms with van der Waals surface area (Å²) in [5.74, 6) is -0.586. The average molecular weight is 183 g/mol. The van der Waals surface area contributed by atoms with Gasteiger partial charge in [0, 0.05) is 5.57 Å². The molecule has 4 nitrogen and oxygen atoms in total. The summed E-state index contributed by atoms with van der Waals surface area (Å²) in [5, 5.41) is 10.9. The number of rotatable bonds is 2. The summed E-state index contributed by atoms with van der Waals surface area (Å²) < 4.78 is 12.4. The zero-order valence-electron chi connectivity index (χ0n) is 7.22. The highest BCUT2D eigenvalue weighted by Gasteiger charge is 2.19. The number of halogens is 1. The molecule has 70 valence electrons. The number of hydrogen-bond donors (Lipinski definition) is 2. The Kier molecular flexibility index (Phi) is 2.89. The molecule has 1 amide bonds.